The molecule has 0 amide bonds. The second-order valence-corrected chi connectivity index (χ2v) is 5.07. The minimum atomic E-state index is -0.710. The monoisotopic (exact) mass is 244 g/mol. The van der Waals surface area contributed by atoms with Crippen molar-refractivity contribution in [3.63, 3.8) is 0 Å². The maximum absolute atomic E-state index is 11.8. The van der Waals surface area contributed by atoms with Crippen LogP contribution in [0.15, 0.2) is 24.7 Å². The van der Waals surface area contributed by atoms with E-state index in [9.17, 15) is 9.90 Å². The number of hydrogen-bond acceptors (Lipinski definition) is 2. The molecule has 0 bridgehead atoms. The van der Waals surface area contributed by atoms with Gasteiger partial charge in [0.2, 0.25) is 0 Å². The number of carboxylic acid groups (broad SMARTS) is 1. The molecule has 4 heteroatoms. The van der Waals surface area contributed by atoms with Gasteiger partial charge < -0.3 is 10.1 Å². The number of carboxylic acids is 1. The fraction of sp³-hybridized carbons (Fsp3) is 0.429. The number of pyridine rings is 1. The van der Waals surface area contributed by atoms with Crippen molar-refractivity contribution in [1.29, 1.82) is 0 Å². The first-order valence-electron chi connectivity index (χ1n) is 6.39. The summed E-state index contributed by atoms with van der Waals surface area (Å²) in [4.78, 5) is 19.0. The van der Waals surface area contributed by atoms with Crippen molar-refractivity contribution < 1.29 is 9.90 Å². The highest BCUT2D eigenvalue weighted by molar-refractivity contribution is 5.91. The van der Waals surface area contributed by atoms with Crippen LogP contribution < -0.4 is 0 Å². The van der Waals surface area contributed by atoms with E-state index in [-0.39, 0.29) is 0 Å². The Morgan fingerprint density at radius 2 is 2.11 bits per heavy atom. The number of rotatable bonds is 2. The highest BCUT2D eigenvalue weighted by Gasteiger charge is 2.42. The molecular weight excluding hydrogens is 228 g/mol. The van der Waals surface area contributed by atoms with Gasteiger partial charge in [0.15, 0.2) is 0 Å². The summed E-state index contributed by atoms with van der Waals surface area (Å²) in [6.45, 7) is 0. The Kier molecular flexibility index (Phi) is 2.58. The van der Waals surface area contributed by atoms with Gasteiger partial charge in [0, 0.05) is 17.8 Å². The van der Waals surface area contributed by atoms with Crippen molar-refractivity contribution in [3.8, 4) is 0 Å². The molecule has 2 aromatic rings. The summed E-state index contributed by atoms with van der Waals surface area (Å²) in [6.07, 6.45) is 9.91. The molecule has 1 saturated carbocycles. The van der Waals surface area contributed by atoms with Crippen molar-refractivity contribution in [3.05, 3.63) is 30.2 Å². The summed E-state index contributed by atoms with van der Waals surface area (Å²) < 4.78 is 0. The number of nitrogens with zero attached hydrogens (tertiary/aromatic N) is 1. The molecule has 0 saturated heterocycles. The predicted octanol–water partition coefficient (Wildman–Crippen LogP) is 2.85. The number of aromatic amines is 1. The zero-order chi connectivity index (χ0) is 12.6. The highest BCUT2D eigenvalue weighted by Crippen LogP contribution is 2.42. The Labute approximate surface area is 105 Å². The molecule has 2 aromatic heterocycles. The molecule has 0 spiro atoms. The molecule has 0 unspecified atom stereocenters. The number of aromatic nitrogens is 2. The Hall–Kier alpha value is -1.84. The lowest BCUT2D eigenvalue weighted by Crippen LogP contribution is -2.37. The van der Waals surface area contributed by atoms with E-state index in [1.165, 1.54) is 0 Å². The van der Waals surface area contributed by atoms with Crippen LogP contribution >= 0.6 is 0 Å². The van der Waals surface area contributed by atoms with Crippen molar-refractivity contribution in [2.75, 3.05) is 0 Å². The number of aliphatic carboxylic acids is 1. The van der Waals surface area contributed by atoms with Gasteiger partial charge in [0.05, 0.1) is 17.1 Å². The largest absolute Gasteiger partial charge is 0.481 e. The Morgan fingerprint density at radius 3 is 2.83 bits per heavy atom. The summed E-state index contributed by atoms with van der Waals surface area (Å²) >= 11 is 0. The maximum Gasteiger partial charge on any atom is 0.314 e. The molecule has 1 aliphatic rings. The quantitative estimate of drug-likeness (QED) is 0.853. The number of H-pyrrole nitrogens is 1. The van der Waals surface area contributed by atoms with E-state index >= 15 is 0 Å². The van der Waals surface area contributed by atoms with Gasteiger partial charge in [-0.15, -0.1) is 0 Å². The molecule has 3 rings (SSSR count). The highest BCUT2D eigenvalue weighted by atomic mass is 16.4. The molecule has 1 fully saturated rings. The Bertz CT molecular complexity index is 582. The van der Waals surface area contributed by atoms with Crippen molar-refractivity contribution >= 4 is 16.9 Å². The van der Waals surface area contributed by atoms with Gasteiger partial charge >= 0.3 is 5.97 Å². The minimum Gasteiger partial charge on any atom is -0.481 e. The third-order valence-electron chi connectivity index (χ3n) is 4.12. The van der Waals surface area contributed by atoms with Gasteiger partial charge in [-0.05, 0) is 24.5 Å². The fourth-order valence-corrected chi connectivity index (χ4v) is 3.12. The third-order valence-corrected chi connectivity index (χ3v) is 4.12. The minimum absolute atomic E-state index is 0.695. The van der Waals surface area contributed by atoms with Gasteiger partial charge in [-0.3, -0.25) is 9.78 Å². The zero-order valence-electron chi connectivity index (χ0n) is 10.1. The van der Waals surface area contributed by atoms with Crippen LogP contribution in [0.3, 0.4) is 0 Å². The first-order chi connectivity index (χ1) is 8.74. The van der Waals surface area contributed by atoms with Crippen molar-refractivity contribution in [2.24, 2.45) is 0 Å². The van der Waals surface area contributed by atoms with Crippen LogP contribution in [0.4, 0.5) is 0 Å². The summed E-state index contributed by atoms with van der Waals surface area (Å²) in [5, 5.41) is 10.7. The van der Waals surface area contributed by atoms with Gasteiger partial charge in [-0.1, -0.05) is 19.3 Å². The number of carbonyl (C=O) groups is 1. The molecule has 4 nitrogen and oxygen atoms in total. The molecule has 1 aliphatic carbocycles. The molecular formula is C14H16N2O2. The summed E-state index contributed by atoms with van der Waals surface area (Å²) in [6, 6.07) is 1.90. The lowest BCUT2D eigenvalue weighted by molar-refractivity contribution is -0.145. The standard InChI is InChI=1S/C14H16N2O2/c17-13(18)14(5-2-1-3-6-14)11-8-16-12-9-15-7-4-10(11)12/h4,7-9,16H,1-3,5-6H2,(H,17,18). The van der Waals surface area contributed by atoms with Gasteiger partial charge in [0.1, 0.15) is 0 Å². The van der Waals surface area contributed by atoms with Crippen LogP contribution in [-0.4, -0.2) is 21.0 Å². The molecule has 18 heavy (non-hydrogen) atoms. The Balaban J connectivity index is 2.18. The summed E-state index contributed by atoms with van der Waals surface area (Å²) in [5.74, 6) is -0.695. The third kappa shape index (κ3) is 1.52. The molecule has 0 aliphatic heterocycles. The molecule has 94 valence electrons. The van der Waals surface area contributed by atoms with E-state index in [1.54, 1.807) is 12.4 Å². The zero-order valence-corrected chi connectivity index (χ0v) is 10.1. The normalized spacial score (nSPS) is 18.9. The van der Waals surface area contributed by atoms with Crippen LogP contribution in [-0.2, 0) is 10.2 Å². The van der Waals surface area contributed by atoms with E-state index in [0.717, 1.165) is 48.6 Å². The van der Waals surface area contributed by atoms with E-state index in [1.807, 2.05) is 12.3 Å². The van der Waals surface area contributed by atoms with Crippen LogP contribution in [0.1, 0.15) is 37.7 Å². The molecule has 2 N–H and O–H groups in total. The second kappa shape index (κ2) is 4.12. The van der Waals surface area contributed by atoms with Gasteiger partial charge in [0.25, 0.3) is 0 Å². The van der Waals surface area contributed by atoms with Crippen LogP contribution in [0.2, 0.25) is 0 Å². The van der Waals surface area contributed by atoms with E-state index in [4.69, 9.17) is 0 Å². The summed E-state index contributed by atoms with van der Waals surface area (Å²) in [5.41, 5.74) is 1.13. The van der Waals surface area contributed by atoms with Crippen LogP contribution in [0.25, 0.3) is 10.9 Å². The van der Waals surface area contributed by atoms with E-state index in [0.29, 0.717) is 0 Å². The van der Waals surface area contributed by atoms with Crippen molar-refractivity contribution in [1.82, 2.24) is 9.97 Å². The number of hydrogen-bond donors (Lipinski definition) is 2. The average Bonchev–Trinajstić information content (AvgIpc) is 2.83. The lowest BCUT2D eigenvalue weighted by Gasteiger charge is -2.33. The average molecular weight is 244 g/mol. The lowest BCUT2D eigenvalue weighted by atomic mass is 9.69. The predicted molar refractivity (Wildman–Crippen MR) is 68.5 cm³/mol. The SMILES string of the molecule is O=C(O)C1(c2c[nH]c3cnccc23)CCCCC1. The molecule has 0 aromatic carbocycles. The van der Waals surface area contributed by atoms with E-state index < -0.39 is 11.4 Å². The maximum atomic E-state index is 11.8. The van der Waals surface area contributed by atoms with Crippen LogP contribution in [0, 0.1) is 0 Å². The molecule has 0 atom stereocenters. The molecule has 0 radical (unpaired) electrons. The van der Waals surface area contributed by atoms with E-state index in [2.05, 4.69) is 9.97 Å². The van der Waals surface area contributed by atoms with Crippen molar-refractivity contribution in [2.45, 2.75) is 37.5 Å². The first-order valence-corrected chi connectivity index (χ1v) is 6.39. The molecule has 2 heterocycles. The number of nitrogens with one attached hydrogen (secondary N) is 1. The topological polar surface area (TPSA) is 66.0 Å². The fourth-order valence-electron chi connectivity index (χ4n) is 3.12. The smallest absolute Gasteiger partial charge is 0.314 e. The van der Waals surface area contributed by atoms with Crippen LogP contribution in [0.5, 0.6) is 0 Å². The number of fused-ring (bicyclic) bond motifs is 1. The summed E-state index contributed by atoms with van der Waals surface area (Å²) in [7, 11) is 0. The Morgan fingerprint density at radius 1 is 1.33 bits per heavy atom. The second-order valence-electron chi connectivity index (χ2n) is 5.07. The van der Waals surface area contributed by atoms with Gasteiger partial charge in [-0.2, -0.15) is 0 Å². The van der Waals surface area contributed by atoms with Gasteiger partial charge in [-0.25, -0.2) is 0 Å². The first kappa shape index (κ1) is 11.3.